The van der Waals surface area contributed by atoms with Crippen LogP contribution in [0.5, 0.6) is 0 Å². The van der Waals surface area contributed by atoms with Crippen molar-refractivity contribution in [3.63, 3.8) is 0 Å². The van der Waals surface area contributed by atoms with Crippen molar-refractivity contribution >= 4 is 0 Å². The summed E-state index contributed by atoms with van der Waals surface area (Å²) in [4.78, 5) is 2.46. The zero-order valence-corrected chi connectivity index (χ0v) is 11.4. The van der Waals surface area contributed by atoms with Gasteiger partial charge in [0.15, 0.2) is 0 Å². The van der Waals surface area contributed by atoms with E-state index in [1.54, 1.807) is 0 Å². The van der Waals surface area contributed by atoms with Crippen molar-refractivity contribution in [3.8, 4) is 0 Å². The van der Waals surface area contributed by atoms with Gasteiger partial charge in [-0.1, -0.05) is 20.8 Å². The molecule has 96 valence electrons. The van der Waals surface area contributed by atoms with Gasteiger partial charge in [0.2, 0.25) is 0 Å². The Bertz CT molecular complexity index is 188. The molecule has 1 rings (SSSR count). The maximum atomic E-state index is 5.43. The highest BCUT2D eigenvalue weighted by molar-refractivity contribution is 4.80. The molecule has 0 aromatic carbocycles. The summed E-state index contributed by atoms with van der Waals surface area (Å²) in [6.45, 7) is 12.1. The fourth-order valence-corrected chi connectivity index (χ4v) is 2.33. The van der Waals surface area contributed by atoms with E-state index in [4.69, 9.17) is 4.74 Å². The molecule has 0 bridgehead atoms. The fourth-order valence-electron chi connectivity index (χ4n) is 2.33. The van der Waals surface area contributed by atoms with Crippen LogP contribution in [0.1, 0.15) is 33.6 Å². The molecule has 1 fully saturated rings. The highest BCUT2D eigenvalue weighted by Gasteiger charge is 2.26. The molecule has 1 aliphatic rings. The zero-order chi connectivity index (χ0) is 12.0. The molecule has 1 atom stereocenters. The number of hydrogen-bond acceptors (Lipinski definition) is 3. The lowest BCUT2D eigenvalue weighted by Crippen LogP contribution is -2.43. The molecule has 1 aliphatic heterocycles. The van der Waals surface area contributed by atoms with Gasteiger partial charge in [-0.15, -0.1) is 0 Å². The molecular formula is C13H28N2O. The highest BCUT2D eigenvalue weighted by atomic mass is 16.5. The van der Waals surface area contributed by atoms with Crippen molar-refractivity contribution in [2.75, 3.05) is 39.9 Å². The third-order valence-corrected chi connectivity index (χ3v) is 3.24. The predicted octanol–water partition coefficient (Wildman–Crippen LogP) is 1.73. The molecule has 0 saturated carbocycles. The average molecular weight is 228 g/mol. The van der Waals surface area contributed by atoms with E-state index in [0.717, 1.165) is 32.8 Å². The van der Waals surface area contributed by atoms with E-state index in [-0.39, 0.29) is 0 Å². The molecule has 0 aromatic heterocycles. The number of hydrogen-bond donors (Lipinski definition) is 1. The van der Waals surface area contributed by atoms with Crippen molar-refractivity contribution < 1.29 is 4.74 Å². The van der Waals surface area contributed by atoms with Crippen molar-refractivity contribution in [1.29, 1.82) is 0 Å². The first-order valence-corrected chi connectivity index (χ1v) is 6.54. The molecular weight excluding hydrogens is 200 g/mol. The van der Waals surface area contributed by atoms with Crippen LogP contribution in [0.4, 0.5) is 0 Å². The van der Waals surface area contributed by atoms with E-state index < -0.39 is 0 Å². The van der Waals surface area contributed by atoms with Crippen LogP contribution in [0, 0.1) is 5.41 Å². The van der Waals surface area contributed by atoms with Crippen molar-refractivity contribution in [1.82, 2.24) is 10.2 Å². The second-order valence-corrected chi connectivity index (χ2v) is 5.77. The lowest BCUT2D eigenvalue weighted by Gasteiger charge is -2.33. The first-order valence-electron chi connectivity index (χ1n) is 6.54. The zero-order valence-electron chi connectivity index (χ0n) is 11.4. The quantitative estimate of drug-likeness (QED) is 0.672. The van der Waals surface area contributed by atoms with Gasteiger partial charge in [0.05, 0.1) is 6.61 Å². The molecule has 16 heavy (non-hydrogen) atoms. The minimum atomic E-state index is 0.340. The van der Waals surface area contributed by atoms with Gasteiger partial charge in [0.25, 0.3) is 0 Å². The number of nitrogens with zero attached hydrogens (tertiary/aromatic N) is 1. The minimum Gasteiger partial charge on any atom is -0.380 e. The van der Waals surface area contributed by atoms with Gasteiger partial charge in [-0.25, -0.2) is 0 Å². The summed E-state index contributed by atoms with van der Waals surface area (Å²) < 4.78 is 5.43. The molecule has 0 aliphatic carbocycles. The molecule has 3 nitrogen and oxygen atoms in total. The standard InChI is InChI=1S/C13H28N2O/c1-5-7-14-10-13(2,3)11-15(4)12-6-8-16-9-12/h12,14H,5-11H2,1-4H3. The van der Waals surface area contributed by atoms with Gasteiger partial charge >= 0.3 is 0 Å². The number of ether oxygens (including phenoxy) is 1. The largest absolute Gasteiger partial charge is 0.380 e. The fraction of sp³-hybridized carbons (Fsp3) is 1.00. The molecule has 1 N–H and O–H groups in total. The van der Waals surface area contributed by atoms with Crippen molar-refractivity contribution in [2.45, 2.75) is 39.7 Å². The SMILES string of the molecule is CCCNCC(C)(C)CN(C)C1CCOC1. The predicted molar refractivity (Wildman–Crippen MR) is 68.8 cm³/mol. The lowest BCUT2D eigenvalue weighted by molar-refractivity contribution is 0.128. The van der Waals surface area contributed by atoms with Crippen LogP contribution < -0.4 is 5.32 Å². The number of rotatable bonds is 7. The molecule has 0 spiro atoms. The Balaban J connectivity index is 2.26. The van der Waals surface area contributed by atoms with Crippen molar-refractivity contribution in [3.05, 3.63) is 0 Å². The van der Waals surface area contributed by atoms with Crippen LogP contribution >= 0.6 is 0 Å². The topological polar surface area (TPSA) is 24.5 Å². The van der Waals surface area contributed by atoms with E-state index in [0.29, 0.717) is 11.5 Å². The molecule has 3 heteroatoms. The summed E-state index contributed by atoms with van der Waals surface area (Å²) in [5, 5.41) is 3.51. The summed E-state index contributed by atoms with van der Waals surface area (Å²) in [6.07, 6.45) is 2.40. The number of likely N-dealkylation sites (N-methyl/N-ethyl adjacent to an activating group) is 1. The maximum absolute atomic E-state index is 5.43. The summed E-state index contributed by atoms with van der Waals surface area (Å²) in [6, 6.07) is 0.630. The highest BCUT2D eigenvalue weighted by Crippen LogP contribution is 2.19. The summed E-state index contributed by atoms with van der Waals surface area (Å²) in [5.74, 6) is 0. The van der Waals surface area contributed by atoms with Gasteiger partial charge in [-0.05, 0) is 31.8 Å². The van der Waals surface area contributed by atoms with Crippen LogP contribution in [0.3, 0.4) is 0 Å². The Kier molecular flexibility index (Phi) is 5.73. The molecule has 0 radical (unpaired) electrons. The van der Waals surface area contributed by atoms with Gasteiger partial charge < -0.3 is 15.0 Å². The van der Waals surface area contributed by atoms with E-state index in [9.17, 15) is 0 Å². The Morgan fingerprint density at radius 1 is 1.44 bits per heavy atom. The third-order valence-electron chi connectivity index (χ3n) is 3.24. The summed E-state index contributed by atoms with van der Waals surface area (Å²) in [7, 11) is 2.22. The first kappa shape index (κ1) is 13.9. The Labute approximate surface area is 101 Å². The Morgan fingerprint density at radius 3 is 2.75 bits per heavy atom. The molecule has 0 amide bonds. The molecule has 0 aromatic rings. The van der Waals surface area contributed by atoms with E-state index >= 15 is 0 Å². The van der Waals surface area contributed by atoms with Crippen LogP contribution in [0.2, 0.25) is 0 Å². The Hall–Kier alpha value is -0.120. The average Bonchev–Trinajstić information content (AvgIpc) is 2.69. The normalized spacial score (nSPS) is 21.9. The lowest BCUT2D eigenvalue weighted by atomic mass is 9.92. The van der Waals surface area contributed by atoms with Crippen LogP contribution in [-0.4, -0.2) is 50.8 Å². The third kappa shape index (κ3) is 4.81. The van der Waals surface area contributed by atoms with E-state index in [1.165, 1.54) is 12.8 Å². The molecule has 1 unspecified atom stereocenters. The first-order chi connectivity index (χ1) is 7.55. The van der Waals surface area contributed by atoms with Crippen LogP contribution in [0.15, 0.2) is 0 Å². The molecule has 1 heterocycles. The smallest absolute Gasteiger partial charge is 0.0622 e. The van der Waals surface area contributed by atoms with Gasteiger partial charge in [-0.3, -0.25) is 0 Å². The van der Waals surface area contributed by atoms with Crippen LogP contribution in [0.25, 0.3) is 0 Å². The summed E-state index contributed by atoms with van der Waals surface area (Å²) >= 11 is 0. The second-order valence-electron chi connectivity index (χ2n) is 5.77. The van der Waals surface area contributed by atoms with E-state index in [2.05, 4.69) is 38.0 Å². The van der Waals surface area contributed by atoms with Crippen LogP contribution in [-0.2, 0) is 4.74 Å². The minimum absolute atomic E-state index is 0.340. The summed E-state index contributed by atoms with van der Waals surface area (Å²) in [5.41, 5.74) is 0.340. The maximum Gasteiger partial charge on any atom is 0.0622 e. The molecule has 1 saturated heterocycles. The van der Waals surface area contributed by atoms with Gasteiger partial charge in [0.1, 0.15) is 0 Å². The monoisotopic (exact) mass is 228 g/mol. The number of nitrogens with one attached hydrogen (secondary N) is 1. The van der Waals surface area contributed by atoms with E-state index in [1.807, 2.05) is 0 Å². The van der Waals surface area contributed by atoms with Crippen molar-refractivity contribution in [2.24, 2.45) is 5.41 Å². The Morgan fingerprint density at radius 2 is 2.19 bits per heavy atom. The van der Waals surface area contributed by atoms with Gasteiger partial charge in [0, 0.05) is 25.7 Å². The van der Waals surface area contributed by atoms with Gasteiger partial charge in [-0.2, -0.15) is 0 Å². The second kappa shape index (κ2) is 6.58.